The second-order valence-electron chi connectivity index (χ2n) is 4.66. The quantitative estimate of drug-likeness (QED) is 0.743. The SMILES string of the molecule is CCC[C@H](O)C[C@@H](CC)Nc1ccc(OC)cc1. The van der Waals surface area contributed by atoms with Crippen molar-refractivity contribution in [1.82, 2.24) is 0 Å². The first-order valence-electron chi connectivity index (χ1n) is 6.78. The second-order valence-corrected chi connectivity index (χ2v) is 4.66. The number of anilines is 1. The average molecular weight is 251 g/mol. The van der Waals surface area contributed by atoms with Gasteiger partial charge in [-0.05, 0) is 43.5 Å². The fourth-order valence-corrected chi connectivity index (χ4v) is 2.03. The van der Waals surface area contributed by atoms with Crippen molar-refractivity contribution in [1.29, 1.82) is 0 Å². The van der Waals surface area contributed by atoms with Gasteiger partial charge in [-0.3, -0.25) is 0 Å². The van der Waals surface area contributed by atoms with Gasteiger partial charge in [-0.1, -0.05) is 20.3 Å². The van der Waals surface area contributed by atoms with Crippen LogP contribution in [0.1, 0.15) is 39.5 Å². The fraction of sp³-hybridized carbons (Fsp3) is 0.600. The minimum atomic E-state index is -0.203. The van der Waals surface area contributed by atoms with Crippen molar-refractivity contribution < 1.29 is 9.84 Å². The molecular weight excluding hydrogens is 226 g/mol. The molecule has 0 aliphatic heterocycles. The molecule has 0 heterocycles. The summed E-state index contributed by atoms with van der Waals surface area (Å²) in [6.45, 7) is 4.24. The monoisotopic (exact) mass is 251 g/mol. The lowest BCUT2D eigenvalue weighted by Crippen LogP contribution is -2.24. The van der Waals surface area contributed by atoms with Gasteiger partial charge >= 0.3 is 0 Å². The summed E-state index contributed by atoms with van der Waals surface area (Å²) < 4.78 is 5.13. The van der Waals surface area contributed by atoms with Crippen LogP contribution in [0.5, 0.6) is 5.75 Å². The molecule has 0 saturated carbocycles. The van der Waals surface area contributed by atoms with Crippen LogP contribution in [0, 0.1) is 0 Å². The van der Waals surface area contributed by atoms with Gasteiger partial charge in [0.25, 0.3) is 0 Å². The number of nitrogens with one attached hydrogen (secondary N) is 1. The summed E-state index contributed by atoms with van der Waals surface area (Å²) in [4.78, 5) is 0. The van der Waals surface area contributed by atoms with Crippen molar-refractivity contribution in [3.05, 3.63) is 24.3 Å². The molecule has 1 rings (SSSR count). The Morgan fingerprint density at radius 1 is 1.22 bits per heavy atom. The summed E-state index contributed by atoms with van der Waals surface area (Å²) in [6.07, 6.45) is 3.51. The van der Waals surface area contributed by atoms with E-state index in [1.165, 1.54) is 0 Å². The van der Waals surface area contributed by atoms with Gasteiger partial charge in [0.2, 0.25) is 0 Å². The Morgan fingerprint density at radius 3 is 2.39 bits per heavy atom. The predicted molar refractivity (Wildman–Crippen MR) is 76.2 cm³/mol. The molecule has 3 nitrogen and oxygen atoms in total. The summed E-state index contributed by atoms with van der Waals surface area (Å²) in [7, 11) is 1.67. The van der Waals surface area contributed by atoms with Crippen LogP contribution >= 0.6 is 0 Å². The Kier molecular flexibility index (Phi) is 6.58. The lowest BCUT2D eigenvalue weighted by atomic mass is 10.0. The molecule has 0 bridgehead atoms. The number of hydrogen-bond acceptors (Lipinski definition) is 3. The highest BCUT2D eigenvalue weighted by Gasteiger charge is 2.12. The maximum Gasteiger partial charge on any atom is 0.119 e. The number of methoxy groups -OCH3 is 1. The second kappa shape index (κ2) is 7.98. The van der Waals surface area contributed by atoms with Gasteiger partial charge in [-0.25, -0.2) is 0 Å². The first kappa shape index (κ1) is 14.8. The van der Waals surface area contributed by atoms with Crippen LogP contribution in [0.4, 0.5) is 5.69 Å². The van der Waals surface area contributed by atoms with Gasteiger partial charge in [0, 0.05) is 11.7 Å². The van der Waals surface area contributed by atoms with Gasteiger partial charge in [0.1, 0.15) is 5.75 Å². The Balaban J connectivity index is 2.50. The smallest absolute Gasteiger partial charge is 0.119 e. The molecule has 1 aromatic rings. The molecular formula is C15H25NO2. The molecule has 0 fully saturated rings. The standard InChI is InChI=1S/C15H25NO2/c1-4-6-14(17)11-12(5-2)16-13-7-9-15(18-3)10-8-13/h7-10,12,14,16-17H,4-6,11H2,1-3H3/t12-,14+/m1/s1. The molecule has 102 valence electrons. The molecule has 0 unspecified atom stereocenters. The van der Waals surface area contributed by atoms with Crippen molar-refractivity contribution in [2.45, 2.75) is 51.7 Å². The Hall–Kier alpha value is -1.22. The van der Waals surface area contributed by atoms with Gasteiger partial charge in [0.05, 0.1) is 13.2 Å². The molecule has 18 heavy (non-hydrogen) atoms. The average Bonchev–Trinajstić information content (AvgIpc) is 2.39. The van der Waals surface area contributed by atoms with Gasteiger partial charge in [0.15, 0.2) is 0 Å². The Bertz CT molecular complexity index is 324. The number of benzene rings is 1. The molecule has 0 aromatic heterocycles. The molecule has 0 aliphatic rings. The highest BCUT2D eigenvalue weighted by molar-refractivity contribution is 5.47. The zero-order valence-corrected chi connectivity index (χ0v) is 11.6. The van der Waals surface area contributed by atoms with E-state index in [4.69, 9.17) is 4.74 Å². The maximum absolute atomic E-state index is 9.85. The Labute approximate surface area is 110 Å². The Morgan fingerprint density at radius 2 is 1.89 bits per heavy atom. The lowest BCUT2D eigenvalue weighted by molar-refractivity contribution is 0.146. The maximum atomic E-state index is 9.85. The number of ether oxygens (including phenoxy) is 1. The van der Waals surface area contributed by atoms with E-state index in [0.29, 0.717) is 6.04 Å². The van der Waals surface area contributed by atoms with E-state index in [9.17, 15) is 5.11 Å². The van der Waals surface area contributed by atoms with Gasteiger partial charge in [-0.15, -0.1) is 0 Å². The largest absolute Gasteiger partial charge is 0.497 e. The highest BCUT2D eigenvalue weighted by atomic mass is 16.5. The summed E-state index contributed by atoms with van der Waals surface area (Å²) in [5.74, 6) is 0.861. The van der Waals surface area contributed by atoms with Crippen LogP contribution in [0.3, 0.4) is 0 Å². The summed E-state index contributed by atoms with van der Waals surface area (Å²) in [5, 5.41) is 13.3. The molecule has 2 atom stereocenters. The fourth-order valence-electron chi connectivity index (χ4n) is 2.03. The molecule has 0 amide bonds. The van der Waals surface area contributed by atoms with E-state index in [-0.39, 0.29) is 6.10 Å². The predicted octanol–water partition coefficient (Wildman–Crippen LogP) is 3.44. The van der Waals surface area contributed by atoms with Crippen molar-refractivity contribution in [3.63, 3.8) is 0 Å². The van der Waals surface area contributed by atoms with E-state index in [0.717, 1.165) is 37.1 Å². The molecule has 0 saturated heterocycles. The van der Waals surface area contributed by atoms with Crippen LogP contribution in [0.2, 0.25) is 0 Å². The van der Waals surface area contributed by atoms with E-state index in [1.807, 2.05) is 24.3 Å². The number of rotatable bonds is 8. The van der Waals surface area contributed by atoms with Gasteiger partial charge < -0.3 is 15.2 Å². The van der Waals surface area contributed by atoms with E-state index < -0.39 is 0 Å². The molecule has 0 radical (unpaired) electrons. The normalized spacial score (nSPS) is 14.0. The van der Waals surface area contributed by atoms with Crippen LogP contribution in [0.25, 0.3) is 0 Å². The zero-order chi connectivity index (χ0) is 13.4. The highest BCUT2D eigenvalue weighted by Crippen LogP contribution is 2.18. The molecule has 1 aromatic carbocycles. The van der Waals surface area contributed by atoms with Crippen molar-refractivity contribution >= 4 is 5.69 Å². The van der Waals surface area contributed by atoms with Crippen LogP contribution in [-0.4, -0.2) is 24.4 Å². The van der Waals surface area contributed by atoms with Crippen molar-refractivity contribution in [2.75, 3.05) is 12.4 Å². The molecule has 2 N–H and O–H groups in total. The van der Waals surface area contributed by atoms with E-state index >= 15 is 0 Å². The molecule has 3 heteroatoms. The topological polar surface area (TPSA) is 41.5 Å². The number of hydrogen-bond donors (Lipinski definition) is 2. The number of aliphatic hydroxyl groups is 1. The molecule has 0 aliphatic carbocycles. The van der Waals surface area contributed by atoms with Crippen molar-refractivity contribution in [3.8, 4) is 5.75 Å². The van der Waals surface area contributed by atoms with Crippen molar-refractivity contribution in [2.24, 2.45) is 0 Å². The summed E-state index contributed by atoms with van der Waals surface area (Å²) in [5.41, 5.74) is 1.08. The van der Waals surface area contributed by atoms with Crippen LogP contribution < -0.4 is 10.1 Å². The minimum absolute atomic E-state index is 0.203. The van der Waals surface area contributed by atoms with Gasteiger partial charge in [-0.2, -0.15) is 0 Å². The minimum Gasteiger partial charge on any atom is -0.497 e. The van der Waals surface area contributed by atoms with Crippen LogP contribution in [-0.2, 0) is 0 Å². The lowest BCUT2D eigenvalue weighted by Gasteiger charge is -2.21. The molecule has 0 spiro atoms. The third-order valence-corrected chi connectivity index (χ3v) is 3.13. The first-order valence-corrected chi connectivity index (χ1v) is 6.78. The van der Waals surface area contributed by atoms with E-state index in [1.54, 1.807) is 7.11 Å². The van der Waals surface area contributed by atoms with Crippen LogP contribution in [0.15, 0.2) is 24.3 Å². The summed E-state index contributed by atoms with van der Waals surface area (Å²) >= 11 is 0. The van der Waals surface area contributed by atoms with E-state index in [2.05, 4.69) is 19.2 Å². The third kappa shape index (κ3) is 4.96. The number of aliphatic hydroxyl groups excluding tert-OH is 1. The summed E-state index contributed by atoms with van der Waals surface area (Å²) in [6, 6.07) is 8.22. The third-order valence-electron chi connectivity index (χ3n) is 3.13. The zero-order valence-electron chi connectivity index (χ0n) is 11.6. The first-order chi connectivity index (χ1) is 8.69.